The Bertz CT molecular complexity index is 717. The number of ether oxygens (including phenoxy) is 4. The first-order valence-electron chi connectivity index (χ1n) is 11.6. The molecule has 0 saturated carbocycles. The topological polar surface area (TPSA) is 112 Å². The lowest BCUT2D eigenvalue weighted by Crippen LogP contribution is -2.50. The first-order valence-corrected chi connectivity index (χ1v) is 11.6. The second kappa shape index (κ2) is 16.2. The van der Waals surface area contributed by atoms with Crippen LogP contribution in [0.4, 0.5) is 0 Å². The summed E-state index contributed by atoms with van der Waals surface area (Å²) in [5, 5.41) is 13.2. The van der Waals surface area contributed by atoms with Crippen molar-refractivity contribution >= 4 is 18.3 Å². The Morgan fingerprint density at radius 3 is 2.38 bits per heavy atom. The van der Waals surface area contributed by atoms with Crippen LogP contribution < -0.4 is 20.5 Å². The fourth-order valence-electron chi connectivity index (χ4n) is 3.40. The summed E-state index contributed by atoms with van der Waals surface area (Å²) in [4.78, 5) is 12.2. The molecule has 3 unspecified atom stereocenters. The maximum atomic E-state index is 12.2. The van der Waals surface area contributed by atoms with Crippen molar-refractivity contribution in [3.05, 3.63) is 23.8 Å². The predicted octanol–water partition coefficient (Wildman–Crippen LogP) is 2.97. The Labute approximate surface area is 211 Å². The fraction of sp³-hybridized carbons (Fsp3) is 0.720. The molecule has 0 saturated heterocycles. The van der Waals surface area contributed by atoms with Crippen molar-refractivity contribution in [1.82, 2.24) is 5.32 Å². The minimum absolute atomic E-state index is 0. The molecule has 8 nitrogen and oxygen atoms in total. The Balaban J connectivity index is 0.0000109. The molecule has 1 amide bonds. The Morgan fingerprint density at radius 2 is 1.82 bits per heavy atom. The van der Waals surface area contributed by atoms with E-state index in [1.807, 2.05) is 18.2 Å². The number of hydrogen-bond acceptors (Lipinski definition) is 7. The molecule has 0 aliphatic rings. The van der Waals surface area contributed by atoms with Gasteiger partial charge in [-0.3, -0.25) is 4.79 Å². The number of rotatable bonds is 16. The molecule has 0 aromatic heterocycles. The smallest absolute Gasteiger partial charge is 0.251 e. The van der Waals surface area contributed by atoms with E-state index in [-0.39, 0.29) is 30.8 Å². The lowest BCUT2D eigenvalue weighted by Gasteiger charge is -2.28. The van der Waals surface area contributed by atoms with E-state index in [1.54, 1.807) is 28.1 Å². The van der Waals surface area contributed by atoms with Gasteiger partial charge in [-0.25, -0.2) is 0 Å². The van der Waals surface area contributed by atoms with Gasteiger partial charge in [-0.05, 0) is 56.2 Å². The third-order valence-electron chi connectivity index (χ3n) is 6.02. The third-order valence-corrected chi connectivity index (χ3v) is 6.02. The maximum Gasteiger partial charge on any atom is 0.251 e. The van der Waals surface area contributed by atoms with Gasteiger partial charge in [0.05, 0.1) is 19.8 Å². The van der Waals surface area contributed by atoms with E-state index in [9.17, 15) is 9.90 Å². The van der Waals surface area contributed by atoms with Crippen LogP contribution in [0.25, 0.3) is 0 Å². The van der Waals surface area contributed by atoms with Gasteiger partial charge in [0.15, 0.2) is 11.5 Å². The van der Waals surface area contributed by atoms with Gasteiger partial charge in [0.1, 0.15) is 5.60 Å². The number of nitrogens with two attached hydrogens (primary N) is 1. The van der Waals surface area contributed by atoms with Gasteiger partial charge in [-0.15, -0.1) is 12.4 Å². The van der Waals surface area contributed by atoms with Gasteiger partial charge < -0.3 is 35.1 Å². The Kier molecular flexibility index (Phi) is 15.4. The molecule has 0 bridgehead atoms. The van der Waals surface area contributed by atoms with Crippen LogP contribution >= 0.6 is 12.4 Å². The largest absolute Gasteiger partial charge is 0.493 e. The van der Waals surface area contributed by atoms with Crippen molar-refractivity contribution in [1.29, 1.82) is 0 Å². The SMILES string of the molecule is COCCCOc1cc(CC(CC(N)C(O)CNC(=O)C(C)(C)OC)C(C)C)ccc1OC.Cl. The highest BCUT2D eigenvalue weighted by molar-refractivity contribution is 5.85. The van der Waals surface area contributed by atoms with Crippen molar-refractivity contribution < 1.29 is 28.8 Å². The van der Waals surface area contributed by atoms with Crippen LogP contribution in [-0.4, -0.2) is 69.8 Å². The summed E-state index contributed by atoms with van der Waals surface area (Å²) in [6.07, 6.45) is 1.36. The molecule has 198 valence electrons. The predicted molar refractivity (Wildman–Crippen MR) is 137 cm³/mol. The second-order valence-electron chi connectivity index (χ2n) is 9.28. The second-order valence-corrected chi connectivity index (χ2v) is 9.28. The molecule has 1 aromatic carbocycles. The number of carbonyl (C=O) groups is 1. The average molecular weight is 505 g/mol. The zero-order valence-electron chi connectivity index (χ0n) is 21.8. The minimum atomic E-state index is -0.956. The number of benzene rings is 1. The number of aliphatic hydroxyl groups excluding tert-OH is 1. The highest BCUT2D eigenvalue weighted by atomic mass is 35.5. The summed E-state index contributed by atoms with van der Waals surface area (Å²) in [6, 6.07) is 5.49. The Hall–Kier alpha value is -1.58. The number of carbonyl (C=O) groups excluding carboxylic acids is 1. The lowest BCUT2D eigenvalue weighted by molar-refractivity contribution is -0.140. The van der Waals surface area contributed by atoms with Crippen LogP contribution in [0.2, 0.25) is 0 Å². The van der Waals surface area contributed by atoms with E-state index in [1.165, 1.54) is 7.11 Å². The third kappa shape index (κ3) is 10.8. The van der Waals surface area contributed by atoms with E-state index >= 15 is 0 Å². The van der Waals surface area contributed by atoms with Gasteiger partial charge >= 0.3 is 0 Å². The lowest BCUT2D eigenvalue weighted by atomic mass is 9.83. The molecule has 0 spiro atoms. The molecule has 0 heterocycles. The maximum absolute atomic E-state index is 12.2. The van der Waals surface area contributed by atoms with Crippen molar-refractivity contribution in [3.8, 4) is 11.5 Å². The van der Waals surface area contributed by atoms with Gasteiger partial charge in [0.2, 0.25) is 0 Å². The number of amides is 1. The molecule has 9 heteroatoms. The molecule has 1 aromatic rings. The summed E-state index contributed by atoms with van der Waals surface area (Å²) in [7, 11) is 4.77. The van der Waals surface area contributed by atoms with E-state index in [4.69, 9.17) is 24.7 Å². The highest BCUT2D eigenvalue weighted by Crippen LogP contribution is 2.31. The van der Waals surface area contributed by atoms with Crippen molar-refractivity contribution in [2.75, 3.05) is 41.1 Å². The van der Waals surface area contributed by atoms with Crippen LogP contribution in [0.1, 0.15) is 46.1 Å². The van der Waals surface area contributed by atoms with Gasteiger partial charge in [0, 0.05) is 39.8 Å². The molecular formula is C25H45ClN2O6. The van der Waals surface area contributed by atoms with Gasteiger partial charge in [-0.2, -0.15) is 0 Å². The molecule has 0 fully saturated rings. The zero-order valence-corrected chi connectivity index (χ0v) is 22.6. The first-order chi connectivity index (χ1) is 15.5. The summed E-state index contributed by atoms with van der Waals surface area (Å²) in [5.41, 5.74) is 6.48. The van der Waals surface area contributed by atoms with E-state index in [0.29, 0.717) is 37.1 Å². The Morgan fingerprint density at radius 1 is 1.15 bits per heavy atom. The molecule has 0 radical (unpaired) electrons. The van der Waals surface area contributed by atoms with Gasteiger partial charge in [-0.1, -0.05) is 19.9 Å². The van der Waals surface area contributed by atoms with Crippen LogP contribution in [-0.2, 0) is 20.7 Å². The summed E-state index contributed by atoms with van der Waals surface area (Å²) >= 11 is 0. The number of nitrogens with one attached hydrogen (secondary N) is 1. The molecule has 34 heavy (non-hydrogen) atoms. The number of aliphatic hydroxyl groups is 1. The number of methoxy groups -OCH3 is 3. The van der Waals surface area contributed by atoms with E-state index < -0.39 is 17.7 Å². The minimum Gasteiger partial charge on any atom is -0.493 e. The average Bonchev–Trinajstić information content (AvgIpc) is 2.79. The monoisotopic (exact) mass is 504 g/mol. The van der Waals surface area contributed by atoms with Gasteiger partial charge in [0.25, 0.3) is 5.91 Å². The molecular weight excluding hydrogens is 460 g/mol. The molecule has 0 aliphatic carbocycles. The molecule has 0 aliphatic heterocycles. The standard InChI is InChI=1S/C25H44N2O6.ClH/c1-17(2)19(15-20(26)21(28)16-27-24(29)25(3,4)32-7)13-18-9-10-22(31-6)23(14-18)33-12-8-11-30-5;/h9-10,14,17,19-21,28H,8,11-13,15-16,26H2,1-7H3,(H,27,29);1H. The molecule has 4 N–H and O–H groups in total. The fourth-order valence-corrected chi connectivity index (χ4v) is 3.40. The normalized spacial score (nSPS) is 14.2. The van der Waals surface area contributed by atoms with E-state index in [0.717, 1.165) is 18.4 Å². The highest BCUT2D eigenvalue weighted by Gasteiger charge is 2.29. The quantitative estimate of drug-likeness (QED) is 0.297. The summed E-state index contributed by atoms with van der Waals surface area (Å²) in [6.45, 7) is 8.92. The molecule has 3 atom stereocenters. The summed E-state index contributed by atoms with van der Waals surface area (Å²) in [5.74, 6) is 1.72. The number of hydrogen-bond donors (Lipinski definition) is 3. The van der Waals surface area contributed by atoms with E-state index in [2.05, 4.69) is 19.2 Å². The van der Waals surface area contributed by atoms with Crippen molar-refractivity contribution in [3.63, 3.8) is 0 Å². The number of halogens is 1. The van der Waals surface area contributed by atoms with Crippen LogP contribution in [0, 0.1) is 11.8 Å². The zero-order chi connectivity index (χ0) is 25.0. The van der Waals surface area contributed by atoms with Crippen LogP contribution in [0.3, 0.4) is 0 Å². The van der Waals surface area contributed by atoms with Crippen LogP contribution in [0.15, 0.2) is 18.2 Å². The van der Waals surface area contributed by atoms with Crippen molar-refractivity contribution in [2.24, 2.45) is 17.6 Å². The van der Waals surface area contributed by atoms with Crippen molar-refractivity contribution in [2.45, 2.75) is 64.7 Å². The first kappa shape index (κ1) is 32.4. The van der Waals surface area contributed by atoms with Crippen LogP contribution in [0.5, 0.6) is 11.5 Å². The molecule has 1 rings (SSSR count). The summed E-state index contributed by atoms with van der Waals surface area (Å²) < 4.78 is 21.6.